The van der Waals surface area contributed by atoms with Crippen LogP contribution in [0.5, 0.6) is 5.75 Å². The molecule has 3 N–H and O–H groups in total. The summed E-state index contributed by atoms with van der Waals surface area (Å²) in [5.41, 5.74) is -1.28. The summed E-state index contributed by atoms with van der Waals surface area (Å²) in [7, 11) is -0.329. The molecule has 2 aromatic rings. The van der Waals surface area contributed by atoms with Gasteiger partial charge in [0.15, 0.2) is 5.69 Å². The van der Waals surface area contributed by atoms with E-state index in [4.69, 9.17) is 0 Å². The Kier molecular flexibility index (Phi) is 5.31. The number of carboxylic acids is 1. The first-order chi connectivity index (χ1) is 13.5. The van der Waals surface area contributed by atoms with Gasteiger partial charge in [-0.25, -0.2) is 14.2 Å². The molecule has 1 aromatic carbocycles. The summed E-state index contributed by atoms with van der Waals surface area (Å²) < 4.78 is 14.1. The lowest BCUT2D eigenvalue weighted by Crippen LogP contribution is -2.39. The SMILES string of the molecule is C=S1CCn2c(nc(C(=O)NCc3ccc(F)cc3C(=O)O)c(O)c2=O)C1(C)C. The van der Waals surface area contributed by atoms with Gasteiger partial charge in [-0.3, -0.25) is 14.2 Å². The second-order valence-electron chi connectivity index (χ2n) is 7.09. The van der Waals surface area contributed by atoms with Crippen molar-refractivity contribution in [2.24, 2.45) is 0 Å². The molecule has 0 spiro atoms. The normalized spacial score (nSPS) is 17.4. The van der Waals surface area contributed by atoms with E-state index in [-0.39, 0.29) is 28.2 Å². The Morgan fingerprint density at radius 3 is 2.76 bits per heavy atom. The lowest BCUT2D eigenvalue weighted by molar-refractivity contribution is 0.0693. The van der Waals surface area contributed by atoms with Gasteiger partial charge >= 0.3 is 5.97 Å². The smallest absolute Gasteiger partial charge is 0.336 e. The molecule has 0 saturated heterocycles. The van der Waals surface area contributed by atoms with Crippen LogP contribution >= 0.6 is 10.5 Å². The van der Waals surface area contributed by atoms with Gasteiger partial charge < -0.3 is 15.5 Å². The number of aromatic carboxylic acids is 1. The Hall–Kier alpha value is -3.01. The average Bonchev–Trinajstić information content (AvgIpc) is 2.66. The maximum atomic E-state index is 13.3. The lowest BCUT2D eigenvalue weighted by atomic mass is 10.1. The van der Waals surface area contributed by atoms with E-state index in [1.54, 1.807) is 0 Å². The van der Waals surface area contributed by atoms with Gasteiger partial charge in [-0.2, -0.15) is 10.5 Å². The second-order valence-corrected chi connectivity index (χ2v) is 9.50. The molecular formula is C19H20FN3O5S. The van der Waals surface area contributed by atoms with Crippen molar-refractivity contribution in [1.82, 2.24) is 14.9 Å². The molecule has 1 aliphatic heterocycles. The minimum Gasteiger partial charge on any atom is -0.501 e. The molecule has 0 bridgehead atoms. The molecule has 0 fully saturated rings. The van der Waals surface area contributed by atoms with Gasteiger partial charge in [-0.1, -0.05) is 11.9 Å². The Labute approximate surface area is 167 Å². The Morgan fingerprint density at radius 2 is 2.10 bits per heavy atom. The third-order valence-corrected chi connectivity index (χ3v) is 7.23. The van der Waals surface area contributed by atoms with Crippen molar-refractivity contribution >= 4 is 28.2 Å². The summed E-state index contributed by atoms with van der Waals surface area (Å²) in [4.78, 5) is 40.7. The summed E-state index contributed by atoms with van der Waals surface area (Å²) in [6.07, 6.45) is 0. The molecule has 0 saturated carbocycles. The first-order valence-corrected chi connectivity index (χ1v) is 10.2. The predicted molar refractivity (Wildman–Crippen MR) is 107 cm³/mol. The number of fused-ring (bicyclic) bond motifs is 1. The number of carbonyl (C=O) groups is 2. The summed E-state index contributed by atoms with van der Waals surface area (Å²) in [6.45, 7) is 3.85. The maximum absolute atomic E-state index is 13.3. The van der Waals surface area contributed by atoms with Crippen molar-refractivity contribution in [3.63, 3.8) is 0 Å². The van der Waals surface area contributed by atoms with Gasteiger partial charge in [0, 0.05) is 18.8 Å². The molecule has 154 valence electrons. The van der Waals surface area contributed by atoms with Gasteiger partial charge in [0.1, 0.15) is 11.6 Å². The number of amides is 1. The van der Waals surface area contributed by atoms with E-state index in [1.165, 1.54) is 10.6 Å². The standard InChI is InChI=1S/C19H20FN3O5S/c1-19(2)18-22-13(14(24)16(26)23(18)6-7-29(19)3)15(25)21-9-10-4-5-11(20)8-12(10)17(27)28/h4-5,8,24H,3,6-7,9H2,1-2H3,(H,21,25)(H,27,28). The highest BCUT2D eigenvalue weighted by Crippen LogP contribution is 2.42. The Morgan fingerprint density at radius 1 is 1.41 bits per heavy atom. The number of halogens is 1. The Bertz CT molecular complexity index is 1110. The van der Waals surface area contributed by atoms with E-state index in [1.807, 2.05) is 13.8 Å². The van der Waals surface area contributed by atoms with Crippen molar-refractivity contribution in [2.75, 3.05) is 5.75 Å². The molecule has 1 aliphatic rings. The number of aromatic hydroxyl groups is 1. The highest BCUT2D eigenvalue weighted by atomic mass is 32.2. The van der Waals surface area contributed by atoms with Crippen LogP contribution in [-0.4, -0.2) is 43.3 Å². The number of aromatic nitrogens is 2. The average molecular weight is 421 g/mol. The fraction of sp³-hybridized carbons (Fsp3) is 0.316. The van der Waals surface area contributed by atoms with Crippen LogP contribution < -0.4 is 10.9 Å². The topological polar surface area (TPSA) is 122 Å². The first kappa shape index (κ1) is 20.7. The number of carboxylic acid groups (broad SMARTS) is 1. The van der Waals surface area contributed by atoms with Crippen molar-refractivity contribution in [3.8, 4) is 5.75 Å². The van der Waals surface area contributed by atoms with E-state index in [0.717, 1.165) is 12.1 Å². The number of hydrogen-bond donors (Lipinski definition) is 3. The first-order valence-electron chi connectivity index (χ1n) is 8.69. The number of nitrogens with zero attached hydrogens (tertiary/aromatic N) is 2. The molecule has 0 radical (unpaired) electrons. The Balaban J connectivity index is 1.94. The third kappa shape index (κ3) is 3.67. The molecule has 1 unspecified atom stereocenters. The van der Waals surface area contributed by atoms with Crippen molar-refractivity contribution in [2.45, 2.75) is 31.7 Å². The van der Waals surface area contributed by atoms with E-state index in [0.29, 0.717) is 18.1 Å². The van der Waals surface area contributed by atoms with Gasteiger partial charge in [-0.15, -0.1) is 0 Å². The van der Waals surface area contributed by atoms with E-state index in [9.17, 15) is 29.0 Å². The molecular weight excluding hydrogens is 401 g/mol. The lowest BCUT2D eigenvalue weighted by Gasteiger charge is -2.35. The monoisotopic (exact) mass is 421 g/mol. The van der Waals surface area contributed by atoms with E-state index < -0.39 is 39.4 Å². The second kappa shape index (κ2) is 7.43. The van der Waals surface area contributed by atoms with Crippen LogP contribution in [0.1, 0.15) is 46.1 Å². The molecule has 2 heterocycles. The van der Waals surface area contributed by atoms with Gasteiger partial charge in [-0.05, 0) is 31.5 Å². The molecule has 3 rings (SSSR count). The number of hydrogen-bond acceptors (Lipinski definition) is 5. The van der Waals surface area contributed by atoms with Crippen LogP contribution in [0.2, 0.25) is 0 Å². The van der Waals surface area contributed by atoms with Gasteiger partial charge in [0.2, 0.25) is 5.75 Å². The summed E-state index contributed by atoms with van der Waals surface area (Å²) >= 11 is 0. The fourth-order valence-electron chi connectivity index (χ4n) is 3.12. The van der Waals surface area contributed by atoms with E-state index in [2.05, 4.69) is 16.2 Å². The van der Waals surface area contributed by atoms with E-state index >= 15 is 0 Å². The van der Waals surface area contributed by atoms with Crippen LogP contribution in [0.15, 0.2) is 23.0 Å². The van der Waals surface area contributed by atoms with Crippen molar-refractivity contribution in [1.29, 1.82) is 0 Å². The van der Waals surface area contributed by atoms with Crippen LogP contribution in [0.4, 0.5) is 4.39 Å². The molecule has 0 aliphatic carbocycles. The fourth-order valence-corrected chi connectivity index (χ4v) is 4.44. The van der Waals surface area contributed by atoms with Crippen LogP contribution in [0.3, 0.4) is 0 Å². The zero-order chi connectivity index (χ0) is 21.5. The van der Waals surface area contributed by atoms with Crippen LogP contribution in [0.25, 0.3) is 0 Å². The molecule has 8 nitrogen and oxygen atoms in total. The maximum Gasteiger partial charge on any atom is 0.336 e. The molecule has 29 heavy (non-hydrogen) atoms. The number of benzene rings is 1. The van der Waals surface area contributed by atoms with Crippen molar-refractivity contribution in [3.05, 3.63) is 57.0 Å². The summed E-state index contributed by atoms with van der Waals surface area (Å²) in [6, 6.07) is 3.17. The number of nitrogens with one attached hydrogen (secondary N) is 1. The summed E-state index contributed by atoms with van der Waals surface area (Å²) in [5.74, 6) is 1.46. The third-order valence-electron chi connectivity index (χ3n) is 4.92. The van der Waals surface area contributed by atoms with Crippen molar-refractivity contribution < 1.29 is 24.2 Å². The molecule has 1 amide bonds. The van der Waals surface area contributed by atoms with Gasteiger partial charge in [0.05, 0.1) is 10.3 Å². The molecule has 10 heteroatoms. The number of rotatable bonds is 4. The molecule has 1 aromatic heterocycles. The minimum atomic E-state index is -1.34. The highest BCUT2D eigenvalue weighted by molar-refractivity contribution is 8.14. The highest BCUT2D eigenvalue weighted by Gasteiger charge is 2.35. The van der Waals surface area contributed by atoms with Crippen LogP contribution in [-0.2, 0) is 17.8 Å². The predicted octanol–water partition coefficient (Wildman–Crippen LogP) is 1.67. The van der Waals surface area contributed by atoms with Gasteiger partial charge in [0.25, 0.3) is 11.5 Å². The zero-order valence-corrected chi connectivity index (χ0v) is 16.7. The summed E-state index contributed by atoms with van der Waals surface area (Å²) in [5, 5.41) is 21.8. The molecule has 1 atom stereocenters. The minimum absolute atomic E-state index is 0.168. The van der Waals surface area contributed by atoms with Crippen LogP contribution in [0, 0.1) is 5.82 Å². The quantitative estimate of drug-likeness (QED) is 0.646. The number of carbonyl (C=O) groups excluding carboxylic acids is 1. The zero-order valence-electron chi connectivity index (χ0n) is 15.9. The largest absolute Gasteiger partial charge is 0.501 e.